The maximum atomic E-state index is 12.4. The predicted molar refractivity (Wildman–Crippen MR) is 95.8 cm³/mol. The molecule has 0 aromatic heterocycles. The van der Waals surface area contributed by atoms with E-state index in [2.05, 4.69) is 32.6 Å². The van der Waals surface area contributed by atoms with Crippen LogP contribution in [0, 0.1) is 5.92 Å². The van der Waals surface area contributed by atoms with Gasteiger partial charge in [-0.1, -0.05) is 39.5 Å². The number of hydrogen-bond donors (Lipinski definition) is 1. The second-order valence-corrected chi connectivity index (χ2v) is 6.69. The zero-order chi connectivity index (χ0) is 16.5. The summed E-state index contributed by atoms with van der Waals surface area (Å²) >= 11 is 1.34. The molecule has 0 atom stereocenters. The van der Waals surface area contributed by atoms with Gasteiger partial charge in [0.15, 0.2) is 0 Å². The number of carbonyl (C=O) groups is 1. The number of benzene rings is 1. The molecule has 0 fully saturated rings. The van der Waals surface area contributed by atoms with Crippen molar-refractivity contribution >= 4 is 22.6 Å². The van der Waals surface area contributed by atoms with Gasteiger partial charge in [-0.2, -0.15) is 0 Å². The minimum absolute atomic E-state index is 0.0471. The van der Waals surface area contributed by atoms with Gasteiger partial charge in [0.2, 0.25) is 5.12 Å². The molecule has 4 nitrogen and oxygen atoms in total. The largest absolute Gasteiger partial charge is 0.492 e. The molecule has 2 N–H and O–H groups in total. The number of carbonyl (C=O) groups excluding carboxylic acids is 1. The molecule has 0 saturated heterocycles. The quantitative estimate of drug-likeness (QED) is 0.704. The summed E-state index contributed by atoms with van der Waals surface area (Å²) in [5.74, 6) is 1.78. The second kappa shape index (κ2) is 9.74. The molecule has 1 rings (SSSR count). The third-order valence-corrected chi connectivity index (χ3v) is 4.20. The van der Waals surface area contributed by atoms with E-state index in [1.54, 1.807) is 18.2 Å². The Morgan fingerprint density at radius 3 is 2.59 bits per heavy atom. The molecule has 0 aliphatic carbocycles. The third-order valence-electron chi connectivity index (χ3n) is 3.33. The van der Waals surface area contributed by atoms with Crippen LogP contribution >= 0.6 is 11.8 Å². The minimum atomic E-state index is 0.0471. The maximum Gasteiger partial charge on any atom is 0.223 e. The van der Waals surface area contributed by atoms with Crippen LogP contribution in [0.4, 0.5) is 5.69 Å². The molecular weight excluding hydrogens is 296 g/mol. The number of ether oxygens (including phenoxy) is 1. The van der Waals surface area contributed by atoms with E-state index in [0.29, 0.717) is 29.5 Å². The zero-order valence-corrected chi connectivity index (χ0v) is 14.9. The highest BCUT2D eigenvalue weighted by molar-refractivity contribution is 8.14. The van der Waals surface area contributed by atoms with Crippen LogP contribution in [0.1, 0.15) is 38.1 Å². The van der Waals surface area contributed by atoms with Crippen molar-refractivity contribution in [2.24, 2.45) is 5.92 Å². The van der Waals surface area contributed by atoms with Gasteiger partial charge in [0, 0.05) is 24.1 Å². The summed E-state index contributed by atoms with van der Waals surface area (Å²) in [4.78, 5) is 14.7. The number of nitrogen functional groups attached to an aromatic ring is 1. The molecule has 0 spiro atoms. The van der Waals surface area contributed by atoms with Crippen LogP contribution in [0.5, 0.6) is 5.75 Å². The van der Waals surface area contributed by atoms with Crippen molar-refractivity contribution in [3.63, 3.8) is 0 Å². The third kappa shape index (κ3) is 6.28. The van der Waals surface area contributed by atoms with Gasteiger partial charge in [-0.25, -0.2) is 0 Å². The van der Waals surface area contributed by atoms with Crippen LogP contribution in [0.25, 0.3) is 0 Å². The summed E-state index contributed by atoms with van der Waals surface area (Å²) in [6, 6.07) is 5.25. The monoisotopic (exact) mass is 324 g/mol. The number of hydrogen-bond acceptors (Lipinski definition) is 5. The van der Waals surface area contributed by atoms with Gasteiger partial charge in [-0.15, -0.1) is 0 Å². The van der Waals surface area contributed by atoms with E-state index in [4.69, 9.17) is 10.5 Å². The Kier molecular flexibility index (Phi) is 8.35. The first-order valence-electron chi connectivity index (χ1n) is 7.89. The van der Waals surface area contributed by atoms with E-state index < -0.39 is 0 Å². The first-order chi connectivity index (χ1) is 10.5. The average molecular weight is 324 g/mol. The summed E-state index contributed by atoms with van der Waals surface area (Å²) in [5, 5.41) is 0.0471. The van der Waals surface area contributed by atoms with E-state index in [1.165, 1.54) is 11.8 Å². The Bertz CT molecular complexity index is 474. The van der Waals surface area contributed by atoms with Crippen LogP contribution < -0.4 is 10.5 Å². The summed E-state index contributed by atoms with van der Waals surface area (Å²) in [7, 11) is 0. The van der Waals surface area contributed by atoms with Crippen LogP contribution in [0.2, 0.25) is 0 Å². The fourth-order valence-corrected chi connectivity index (χ4v) is 2.83. The van der Waals surface area contributed by atoms with Gasteiger partial charge in [-0.05, 0) is 31.1 Å². The minimum Gasteiger partial charge on any atom is -0.492 e. The maximum absolute atomic E-state index is 12.4. The van der Waals surface area contributed by atoms with Crippen LogP contribution in [0.3, 0.4) is 0 Å². The fourth-order valence-electron chi connectivity index (χ4n) is 1.97. The highest BCUT2D eigenvalue weighted by atomic mass is 32.2. The van der Waals surface area contributed by atoms with Gasteiger partial charge in [0.25, 0.3) is 0 Å². The first-order valence-corrected chi connectivity index (χ1v) is 8.88. The summed E-state index contributed by atoms with van der Waals surface area (Å²) in [5.41, 5.74) is 7.03. The summed E-state index contributed by atoms with van der Waals surface area (Å²) in [6.07, 6.45) is 0. The van der Waals surface area contributed by atoms with Gasteiger partial charge in [0.05, 0.1) is 12.2 Å². The Morgan fingerprint density at radius 1 is 1.32 bits per heavy atom. The molecule has 5 heteroatoms. The molecule has 0 bridgehead atoms. The van der Waals surface area contributed by atoms with Crippen LogP contribution in [0.15, 0.2) is 18.2 Å². The Labute approximate surface area is 138 Å². The topological polar surface area (TPSA) is 55.6 Å². The first kappa shape index (κ1) is 18.8. The zero-order valence-electron chi connectivity index (χ0n) is 14.1. The second-order valence-electron chi connectivity index (χ2n) is 5.62. The van der Waals surface area contributed by atoms with E-state index in [1.807, 2.05) is 0 Å². The lowest BCUT2D eigenvalue weighted by Crippen LogP contribution is -2.25. The van der Waals surface area contributed by atoms with Crippen LogP contribution in [-0.2, 0) is 0 Å². The molecule has 0 heterocycles. The molecule has 0 saturated carbocycles. The fraction of sp³-hybridized carbons (Fsp3) is 0.588. The van der Waals surface area contributed by atoms with Crippen molar-refractivity contribution in [2.45, 2.75) is 27.7 Å². The highest BCUT2D eigenvalue weighted by Crippen LogP contribution is 2.26. The van der Waals surface area contributed by atoms with Crippen molar-refractivity contribution in [1.29, 1.82) is 0 Å². The molecule has 0 aliphatic heterocycles. The molecule has 0 radical (unpaired) electrons. The van der Waals surface area contributed by atoms with E-state index in [0.717, 1.165) is 25.4 Å². The number of rotatable bonds is 9. The summed E-state index contributed by atoms with van der Waals surface area (Å²) in [6.45, 7) is 11.9. The predicted octanol–water partition coefficient (Wildman–Crippen LogP) is 3.52. The highest BCUT2D eigenvalue weighted by Gasteiger charge is 2.14. The standard InChI is InChI=1S/C17H28N2O2S/c1-5-19(6-2)9-10-22-17(20)15-8-7-14(18)11-16(15)21-12-13(3)4/h7-8,11,13H,5-6,9-10,12,18H2,1-4H3. The molecular formula is C17H28N2O2S. The van der Waals surface area contributed by atoms with Crippen LogP contribution in [-0.4, -0.2) is 42.0 Å². The molecule has 1 aromatic rings. The molecule has 0 aliphatic rings. The Balaban J connectivity index is 2.67. The van der Waals surface area contributed by atoms with E-state index >= 15 is 0 Å². The van der Waals surface area contributed by atoms with Crippen molar-refractivity contribution in [1.82, 2.24) is 4.90 Å². The van der Waals surface area contributed by atoms with Gasteiger partial charge in [0.1, 0.15) is 5.75 Å². The lowest BCUT2D eigenvalue weighted by atomic mass is 10.2. The van der Waals surface area contributed by atoms with Gasteiger partial charge in [-0.3, -0.25) is 4.79 Å². The van der Waals surface area contributed by atoms with Crippen molar-refractivity contribution in [3.05, 3.63) is 23.8 Å². The molecule has 0 amide bonds. The Hall–Kier alpha value is -1.20. The number of anilines is 1. The lowest BCUT2D eigenvalue weighted by Gasteiger charge is -2.17. The number of nitrogens with zero attached hydrogens (tertiary/aromatic N) is 1. The van der Waals surface area contributed by atoms with Gasteiger partial charge < -0.3 is 15.4 Å². The lowest BCUT2D eigenvalue weighted by molar-refractivity contribution is 0.108. The Morgan fingerprint density at radius 2 is 2.00 bits per heavy atom. The smallest absolute Gasteiger partial charge is 0.223 e. The molecule has 124 valence electrons. The van der Waals surface area contributed by atoms with Crippen molar-refractivity contribution < 1.29 is 9.53 Å². The number of nitrogens with two attached hydrogens (primary N) is 1. The van der Waals surface area contributed by atoms with E-state index in [9.17, 15) is 4.79 Å². The molecule has 22 heavy (non-hydrogen) atoms. The van der Waals surface area contributed by atoms with E-state index in [-0.39, 0.29) is 5.12 Å². The molecule has 0 unspecified atom stereocenters. The van der Waals surface area contributed by atoms with Gasteiger partial charge >= 0.3 is 0 Å². The average Bonchev–Trinajstić information content (AvgIpc) is 2.49. The van der Waals surface area contributed by atoms with Crippen molar-refractivity contribution in [3.8, 4) is 5.75 Å². The molecule has 1 aromatic carbocycles. The SMILES string of the molecule is CCN(CC)CCSC(=O)c1ccc(N)cc1OCC(C)C. The normalized spacial score (nSPS) is 11.2. The number of thioether (sulfide) groups is 1. The summed E-state index contributed by atoms with van der Waals surface area (Å²) < 4.78 is 5.75. The van der Waals surface area contributed by atoms with Crippen molar-refractivity contribution in [2.75, 3.05) is 37.7 Å².